The van der Waals surface area contributed by atoms with Gasteiger partial charge in [-0.2, -0.15) is 0 Å². The molecular formula is C25H35N3O2. The van der Waals surface area contributed by atoms with Gasteiger partial charge in [-0.25, -0.2) is 0 Å². The van der Waals surface area contributed by atoms with Crippen LogP contribution in [0.5, 0.6) is 5.75 Å². The summed E-state index contributed by atoms with van der Waals surface area (Å²) in [7, 11) is 5.88. The molecule has 1 aliphatic rings. The van der Waals surface area contributed by atoms with Crippen molar-refractivity contribution in [3.8, 4) is 5.75 Å². The van der Waals surface area contributed by atoms with Crippen LogP contribution in [0.25, 0.3) is 0 Å². The fourth-order valence-corrected chi connectivity index (χ4v) is 3.78. The van der Waals surface area contributed by atoms with E-state index in [4.69, 9.17) is 4.74 Å². The molecule has 0 spiro atoms. The Kier molecular flexibility index (Phi) is 7.38. The largest absolute Gasteiger partial charge is 0.489 e. The lowest BCUT2D eigenvalue weighted by atomic mass is 9.92. The zero-order valence-corrected chi connectivity index (χ0v) is 18.8. The summed E-state index contributed by atoms with van der Waals surface area (Å²) in [5, 5.41) is 3.65. The SMILES string of the molecule is CN(C)CCN(C)C(=O)c1ccc2c(c1)NC(C)(CCCCc1ccccc1)CO2. The van der Waals surface area contributed by atoms with E-state index in [0.29, 0.717) is 18.7 Å². The average Bonchev–Trinajstić information content (AvgIpc) is 2.74. The minimum atomic E-state index is -0.123. The van der Waals surface area contributed by atoms with Crippen LogP contribution in [0.1, 0.15) is 42.1 Å². The van der Waals surface area contributed by atoms with Crippen molar-refractivity contribution in [3.05, 3.63) is 59.7 Å². The van der Waals surface area contributed by atoms with Crippen LogP contribution in [0, 0.1) is 0 Å². The second-order valence-corrected chi connectivity index (χ2v) is 8.91. The van der Waals surface area contributed by atoms with Crippen LogP contribution in [0.2, 0.25) is 0 Å². The van der Waals surface area contributed by atoms with Crippen LogP contribution in [0.3, 0.4) is 0 Å². The van der Waals surface area contributed by atoms with E-state index >= 15 is 0 Å². The fraction of sp³-hybridized carbons (Fsp3) is 0.480. The number of nitrogens with zero attached hydrogens (tertiary/aromatic N) is 2. The number of carbonyl (C=O) groups is 1. The van der Waals surface area contributed by atoms with Gasteiger partial charge in [0.05, 0.1) is 11.2 Å². The molecule has 1 N–H and O–H groups in total. The number of fused-ring (bicyclic) bond motifs is 1. The fourth-order valence-electron chi connectivity index (χ4n) is 3.78. The molecule has 5 nitrogen and oxygen atoms in total. The number of rotatable bonds is 9. The zero-order valence-electron chi connectivity index (χ0n) is 18.8. The standard InChI is InChI=1S/C25H35N3O2/c1-25(15-9-8-12-20-10-6-5-7-11-20)19-30-23-14-13-21(18-22(23)26-25)24(29)28(4)17-16-27(2)3/h5-7,10-11,13-14,18,26H,8-9,12,15-17,19H2,1-4H3. The van der Waals surface area contributed by atoms with Crippen LogP contribution < -0.4 is 10.1 Å². The molecule has 1 amide bonds. The molecule has 5 heteroatoms. The number of anilines is 1. The Labute approximate surface area is 181 Å². The van der Waals surface area contributed by atoms with Crippen LogP contribution >= 0.6 is 0 Å². The molecule has 0 fully saturated rings. The van der Waals surface area contributed by atoms with Gasteiger partial charge in [-0.3, -0.25) is 4.79 Å². The number of hydrogen-bond donors (Lipinski definition) is 1. The summed E-state index contributed by atoms with van der Waals surface area (Å²) in [5.74, 6) is 0.862. The molecule has 3 rings (SSSR count). The molecule has 2 aromatic rings. The Morgan fingerprint density at radius 1 is 1.07 bits per heavy atom. The lowest BCUT2D eigenvalue weighted by Gasteiger charge is -2.37. The summed E-state index contributed by atoms with van der Waals surface area (Å²) >= 11 is 0. The molecule has 0 radical (unpaired) electrons. The smallest absolute Gasteiger partial charge is 0.253 e. The van der Waals surface area contributed by atoms with Crippen molar-refractivity contribution in [1.29, 1.82) is 0 Å². The normalized spacial score (nSPS) is 17.8. The number of aryl methyl sites for hydroxylation is 1. The first kappa shape index (κ1) is 22.2. The van der Waals surface area contributed by atoms with Crippen LogP contribution in [0.4, 0.5) is 5.69 Å². The molecule has 0 bridgehead atoms. The Morgan fingerprint density at radius 3 is 2.57 bits per heavy atom. The van der Waals surface area contributed by atoms with Gasteiger partial charge in [0.25, 0.3) is 5.91 Å². The van der Waals surface area contributed by atoms with Gasteiger partial charge in [0.15, 0.2) is 0 Å². The third-order valence-electron chi connectivity index (χ3n) is 5.73. The maximum Gasteiger partial charge on any atom is 0.253 e. The molecule has 162 valence electrons. The predicted octanol–water partition coefficient (Wildman–Crippen LogP) is 4.30. The highest BCUT2D eigenvalue weighted by molar-refractivity contribution is 5.95. The van der Waals surface area contributed by atoms with Gasteiger partial charge in [-0.1, -0.05) is 36.8 Å². The average molecular weight is 410 g/mol. The Hall–Kier alpha value is -2.53. The van der Waals surface area contributed by atoms with E-state index in [2.05, 4.69) is 47.5 Å². The summed E-state index contributed by atoms with van der Waals surface area (Å²) in [6, 6.07) is 16.3. The molecule has 0 saturated heterocycles. The number of carbonyl (C=O) groups excluding carboxylic acids is 1. The first-order valence-corrected chi connectivity index (χ1v) is 10.9. The van der Waals surface area contributed by atoms with Crippen molar-refractivity contribution >= 4 is 11.6 Å². The number of ether oxygens (including phenoxy) is 1. The van der Waals surface area contributed by atoms with Crippen molar-refractivity contribution in [2.45, 2.75) is 38.1 Å². The zero-order chi connectivity index (χ0) is 21.6. The molecule has 2 aromatic carbocycles. The monoisotopic (exact) mass is 409 g/mol. The minimum Gasteiger partial charge on any atom is -0.489 e. The number of hydrogen-bond acceptors (Lipinski definition) is 4. The van der Waals surface area contributed by atoms with Crippen molar-refractivity contribution in [2.75, 3.05) is 46.2 Å². The Bertz CT molecular complexity index is 838. The van der Waals surface area contributed by atoms with Gasteiger partial charge in [0, 0.05) is 25.7 Å². The first-order valence-electron chi connectivity index (χ1n) is 10.9. The lowest BCUT2D eigenvalue weighted by molar-refractivity contribution is 0.0786. The summed E-state index contributed by atoms with van der Waals surface area (Å²) in [6.45, 7) is 4.39. The third-order valence-corrected chi connectivity index (χ3v) is 5.73. The topological polar surface area (TPSA) is 44.8 Å². The predicted molar refractivity (Wildman–Crippen MR) is 123 cm³/mol. The molecule has 0 aliphatic carbocycles. The summed E-state index contributed by atoms with van der Waals surface area (Å²) in [6.07, 6.45) is 4.42. The van der Waals surface area contributed by atoms with Gasteiger partial charge < -0.3 is 19.9 Å². The number of nitrogens with one attached hydrogen (secondary N) is 1. The summed E-state index contributed by atoms with van der Waals surface area (Å²) in [5.41, 5.74) is 2.88. The van der Waals surface area contributed by atoms with Crippen LogP contribution in [0.15, 0.2) is 48.5 Å². The summed E-state index contributed by atoms with van der Waals surface area (Å²) < 4.78 is 6.03. The van der Waals surface area contributed by atoms with Crippen LogP contribution in [-0.2, 0) is 6.42 Å². The number of amides is 1. The Morgan fingerprint density at radius 2 is 1.83 bits per heavy atom. The van der Waals surface area contributed by atoms with E-state index in [1.54, 1.807) is 4.90 Å². The lowest BCUT2D eigenvalue weighted by Crippen LogP contribution is -2.44. The van der Waals surface area contributed by atoms with E-state index < -0.39 is 0 Å². The van der Waals surface area contributed by atoms with Crippen molar-refractivity contribution < 1.29 is 9.53 Å². The van der Waals surface area contributed by atoms with Gasteiger partial charge >= 0.3 is 0 Å². The third kappa shape index (κ3) is 5.99. The highest BCUT2D eigenvalue weighted by Crippen LogP contribution is 2.35. The van der Waals surface area contributed by atoms with Crippen molar-refractivity contribution in [2.24, 2.45) is 0 Å². The second-order valence-electron chi connectivity index (χ2n) is 8.91. The van der Waals surface area contributed by atoms with Gasteiger partial charge in [-0.05, 0) is 64.0 Å². The first-order chi connectivity index (χ1) is 14.4. The van der Waals surface area contributed by atoms with Crippen LogP contribution in [-0.4, -0.2) is 62.1 Å². The summed E-state index contributed by atoms with van der Waals surface area (Å²) in [4.78, 5) is 16.6. The second kappa shape index (κ2) is 9.98. The maximum atomic E-state index is 12.8. The quantitative estimate of drug-likeness (QED) is 0.628. The molecule has 1 heterocycles. The molecule has 1 aliphatic heterocycles. The highest BCUT2D eigenvalue weighted by Gasteiger charge is 2.30. The van der Waals surface area contributed by atoms with E-state index in [-0.39, 0.29) is 11.4 Å². The minimum absolute atomic E-state index is 0.0385. The molecule has 30 heavy (non-hydrogen) atoms. The van der Waals surface area contributed by atoms with Crippen molar-refractivity contribution in [3.63, 3.8) is 0 Å². The van der Waals surface area contributed by atoms with E-state index in [1.165, 1.54) is 5.56 Å². The molecular weight excluding hydrogens is 374 g/mol. The van der Waals surface area contributed by atoms with E-state index in [9.17, 15) is 4.79 Å². The maximum absolute atomic E-state index is 12.8. The van der Waals surface area contributed by atoms with Gasteiger partial charge in [0.1, 0.15) is 12.4 Å². The molecule has 0 saturated carbocycles. The van der Waals surface area contributed by atoms with E-state index in [0.717, 1.165) is 43.7 Å². The Balaban J connectivity index is 1.57. The molecule has 1 unspecified atom stereocenters. The number of likely N-dealkylation sites (N-methyl/N-ethyl adjacent to an activating group) is 2. The molecule has 0 aromatic heterocycles. The van der Waals surface area contributed by atoms with Gasteiger partial charge in [-0.15, -0.1) is 0 Å². The van der Waals surface area contributed by atoms with Crippen molar-refractivity contribution in [1.82, 2.24) is 9.80 Å². The van der Waals surface area contributed by atoms with E-state index in [1.807, 2.05) is 39.3 Å². The number of benzene rings is 2. The van der Waals surface area contributed by atoms with Gasteiger partial charge in [0.2, 0.25) is 0 Å². The highest BCUT2D eigenvalue weighted by atomic mass is 16.5. The number of unbranched alkanes of at least 4 members (excludes halogenated alkanes) is 1. The molecule has 1 atom stereocenters.